The molecule has 0 atom stereocenters. The molecule has 0 N–H and O–H groups in total. The van der Waals surface area contributed by atoms with Crippen molar-refractivity contribution in [3.05, 3.63) is 23.3 Å². The number of hydrogen-bond donors (Lipinski definition) is 0. The molecule has 1 aromatic rings. The van der Waals surface area contributed by atoms with Crippen LogP contribution in [-0.4, -0.2) is 6.66 Å². The summed E-state index contributed by atoms with van der Waals surface area (Å²) in [6.45, 7) is 5.44. The largest absolute Gasteiger partial charge is 0.427 e. The van der Waals surface area contributed by atoms with E-state index in [-0.39, 0.29) is 0 Å². The van der Waals surface area contributed by atoms with E-state index >= 15 is 0 Å². The molecule has 0 saturated carbocycles. The fourth-order valence-corrected chi connectivity index (χ4v) is 2.32. The predicted molar refractivity (Wildman–Crippen MR) is 50.7 cm³/mol. The van der Waals surface area contributed by atoms with Gasteiger partial charge >= 0.3 is 7.60 Å². The molecule has 0 amide bonds. The van der Waals surface area contributed by atoms with Gasteiger partial charge in [-0.2, -0.15) is 0 Å². The molecule has 0 unspecified atom stereocenters. The van der Waals surface area contributed by atoms with E-state index in [0.717, 1.165) is 11.1 Å². The molecule has 0 radical (unpaired) electrons. The second kappa shape index (κ2) is 2.52. The molecule has 0 fully saturated rings. The van der Waals surface area contributed by atoms with Crippen LogP contribution in [0.3, 0.4) is 0 Å². The van der Waals surface area contributed by atoms with Gasteiger partial charge in [0.05, 0.1) is 6.66 Å². The normalized spacial score (nSPS) is 17.5. The van der Waals surface area contributed by atoms with Crippen molar-refractivity contribution in [3.63, 3.8) is 0 Å². The molecule has 3 nitrogen and oxygen atoms in total. The second-order valence-electron chi connectivity index (χ2n) is 3.34. The number of rotatable bonds is 0. The highest BCUT2D eigenvalue weighted by Crippen LogP contribution is 2.56. The summed E-state index contributed by atoms with van der Waals surface area (Å²) < 4.78 is 21.8. The Bertz CT molecular complexity index is 377. The highest BCUT2D eigenvalue weighted by atomic mass is 31.2. The first kappa shape index (κ1) is 8.64. The summed E-state index contributed by atoms with van der Waals surface area (Å²) in [6.07, 6.45) is 0. The predicted octanol–water partition coefficient (Wildman–Crippen LogP) is 2.90. The molecular weight excluding hydrogens is 187 g/mol. The maximum atomic E-state index is 11.4. The Balaban J connectivity index is 2.54. The average Bonchev–Trinajstić information content (AvgIpc) is 2.24. The van der Waals surface area contributed by atoms with Crippen molar-refractivity contribution in [1.29, 1.82) is 0 Å². The first-order chi connectivity index (χ1) is 5.98. The van der Waals surface area contributed by atoms with E-state index in [2.05, 4.69) is 0 Å². The Hall–Kier alpha value is -0.950. The van der Waals surface area contributed by atoms with Gasteiger partial charge in [-0.25, -0.2) is 4.57 Å². The molecule has 1 aliphatic rings. The molecule has 4 heteroatoms. The van der Waals surface area contributed by atoms with Gasteiger partial charge in [-0.3, -0.25) is 0 Å². The van der Waals surface area contributed by atoms with E-state index in [4.69, 9.17) is 9.05 Å². The molecule has 1 aliphatic heterocycles. The standard InChI is InChI=1S/C9H11O3P/c1-6-4-8-9(5-7(6)2)12-13(3,10)11-8/h4-5H,1-3H3. The van der Waals surface area contributed by atoms with E-state index in [1.807, 2.05) is 26.0 Å². The first-order valence-corrected chi connectivity index (χ1v) is 6.05. The van der Waals surface area contributed by atoms with E-state index in [0.29, 0.717) is 11.5 Å². The maximum Gasteiger partial charge on any atom is 0.427 e. The molecule has 1 aromatic carbocycles. The third-order valence-corrected chi connectivity index (χ3v) is 3.15. The minimum atomic E-state index is -2.86. The zero-order valence-electron chi connectivity index (χ0n) is 7.83. The lowest BCUT2D eigenvalue weighted by atomic mass is 10.1. The minimum absolute atomic E-state index is 0.592. The van der Waals surface area contributed by atoms with E-state index in [9.17, 15) is 4.57 Å². The summed E-state index contributed by atoms with van der Waals surface area (Å²) in [6, 6.07) is 3.71. The van der Waals surface area contributed by atoms with E-state index < -0.39 is 7.60 Å². The number of hydrogen-bond acceptors (Lipinski definition) is 3. The van der Waals surface area contributed by atoms with Gasteiger partial charge in [-0.1, -0.05) is 0 Å². The van der Waals surface area contributed by atoms with Crippen molar-refractivity contribution in [1.82, 2.24) is 0 Å². The minimum Gasteiger partial charge on any atom is -0.412 e. The van der Waals surface area contributed by atoms with Gasteiger partial charge in [0.15, 0.2) is 11.5 Å². The van der Waals surface area contributed by atoms with Crippen molar-refractivity contribution in [2.75, 3.05) is 6.66 Å². The van der Waals surface area contributed by atoms with Crippen LogP contribution < -0.4 is 9.05 Å². The Morgan fingerprint density at radius 2 is 1.46 bits per heavy atom. The third-order valence-electron chi connectivity index (χ3n) is 2.09. The SMILES string of the molecule is Cc1cc2c(cc1C)OP(C)(=O)O2. The zero-order valence-corrected chi connectivity index (χ0v) is 8.72. The summed E-state index contributed by atoms with van der Waals surface area (Å²) in [7, 11) is -2.86. The third kappa shape index (κ3) is 1.44. The lowest BCUT2D eigenvalue weighted by molar-refractivity contribution is 0.439. The lowest BCUT2D eigenvalue weighted by Crippen LogP contribution is -1.86. The van der Waals surface area contributed by atoms with Crippen LogP contribution in [-0.2, 0) is 4.57 Å². The van der Waals surface area contributed by atoms with Gasteiger partial charge in [0.2, 0.25) is 0 Å². The van der Waals surface area contributed by atoms with Crippen LogP contribution in [0, 0.1) is 13.8 Å². The molecule has 2 rings (SSSR count). The van der Waals surface area contributed by atoms with E-state index in [1.165, 1.54) is 6.66 Å². The lowest BCUT2D eigenvalue weighted by Gasteiger charge is -2.00. The molecule has 1 heterocycles. The van der Waals surface area contributed by atoms with Crippen molar-refractivity contribution in [3.8, 4) is 11.5 Å². The molecule has 0 aromatic heterocycles. The van der Waals surface area contributed by atoms with Gasteiger partial charge in [-0.15, -0.1) is 0 Å². The van der Waals surface area contributed by atoms with Crippen molar-refractivity contribution in [2.45, 2.75) is 13.8 Å². The molecule has 0 bridgehead atoms. The molecule has 70 valence electrons. The Morgan fingerprint density at radius 3 is 1.85 bits per heavy atom. The fraction of sp³-hybridized carbons (Fsp3) is 0.333. The highest BCUT2D eigenvalue weighted by Gasteiger charge is 2.31. The smallest absolute Gasteiger partial charge is 0.412 e. The van der Waals surface area contributed by atoms with Crippen LogP contribution in [0.5, 0.6) is 11.5 Å². The van der Waals surface area contributed by atoms with Crippen molar-refractivity contribution in [2.24, 2.45) is 0 Å². The first-order valence-electron chi connectivity index (χ1n) is 4.06. The Labute approximate surface area is 77.2 Å². The molecular formula is C9H11O3P. The topological polar surface area (TPSA) is 35.5 Å². The Kier molecular flexibility index (Phi) is 1.67. The summed E-state index contributed by atoms with van der Waals surface area (Å²) in [5.41, 5.74) is 2.23. The summed E-state index contributed by atoms with van der Waals surface area (Å²) in [5.74, 6) is 1.18. The maximum absolute atomic E-state index is 11.4. The Morgan fingerprint density at radius 1 is 1.08 bits per heavy atom. The molecule has 13 heavy (non-hydrogen) atoms. The van der Waals surface area contributed by atoms with Crippen LogP contribution >= 0.6 is 7.60 Å². The zero-order chi connectivity index (χ0) is 9.64. The van der Waals surface area contributed by atoms with Crippen LogP contribution in [0.1, 0.15) is 11.1 Å². The van der Waals surface area contributed by atoms with Gasteiger partial charge in [0, 0.05) is 0 Å². The average molecular weight is 198 g/mol. The molecule has 0 aliphatic carbocycles. The highest BCUT2D eigenvalue weighted by molar-refractivity contribution is 7.54. The fourth-order valence-electron chi connectivity index (χ4n) is 1.28. The van der Waals surface area contributed by atoms with Crippen molar-refractivity contribution >= 4 is 7.60 Å². The van der Waals surface area contributed by atoms with Gasteiger partial charge in [-0.05, 0) is 37.1 Å². The van der Waals surface area contributed by atoms with Crippen LogP contribution in [0.25, 0.3) is 0 Å². The molecule has 0 saturated heterocycles. The number of fused-ring (bicyclic) bond motifs is 1. The summed E-state index contributed by atoms with van der Waals surface area (Å²) in [4.78, 5) is 0. The van der Waals surface area contributed by atoms with Crippen LogP contribution in [0.2, 0.25) is 0 Å². The summed E-state index contributed by atoms with van der Waals surface area (Å²) >= 11 is 0. The van der Waals surface area contributed by atoms with E-state index in [1.54, 1.807) is 0 Å². The molecule has 0 spiro atoms. The summed E-state index contributed by atoms with van der Waals surface area (Å²) in [5, 5.41) is 0. The number of benzene rings is 1. The van der Waals surface area contributed by atoms with Gasteiger partial charge in [0.1, 0.15) is 0 Å². The van der Waals surface area contributed by atoms with Gasteiger partial charge in [0.25, 0.3) is 0 Å². The quantitative estimate of drug-likeness (QED) is 0.601. The second-order valence-corrected chi connectivity index (χ2v) is 5.24. The van der Waals surface area contributed by atoms with Crippen molar-refractivity contribution < 1.29 is 13.6 Å². The monoisotopic (exact) mass is 198 g/mol. The van der Waals surface area contributed by atoms with Gasteiger partial charge < -0.3 is 9.05 Å². The number of aryl methyl sites for hydroxylation is 2. The van der Waals surface area contributed by atoms with Crippen LogP contribution in [0.4, 0.5) is 0 Å². The van der Waals surface area contributed by atoms with Crippen LogP contribution in [0.15, 0.2) is 12.1 Å².